The standard InChI is InChI=1S/C18H19ClF3NO.ClH/c1-23(2)12-11-17(13-3-7-15(19)8-4-13)24-16-9-5-14(6-10-16)18(20,21)22;/h3-10,17H,11-12H2,1-2H3;1H. The molecule has 0 aliphatic heterocycles. The van der Waals surface area contributed by atoms with Crippen molar-refractivity contribution in [1.29, 1.82) is 0 Å². The molecule has 0 spiro atoms. The average molecular weight is 394 g/mol. The molecule has 0 aliphatic rings. The minimum Gasteiger partial charge on any atom is -0.486 e. The van der Waals surface area contributed by atoms with E-state index < -0.39 is 11.7 Å². The molecule has 0 heterocycles. The zero-order valence-corrected chi connectivity index (χ0v) is 15.5. The number of benzene rings is 2. The lowest BCUT2D eigenvalue weighted by atomic mass is 10.1. The summed E-state index contributed by atoms with van der Waals surface area (Å²) in [4.78, 5) is 2.03. The summed E-state index contributed by atoms with van der Waals surface area (Å²) in [6.07, 6.45) is -3.91. The fraction of sp³-hybridized carbons (Fsp3) is 0.333. The highest BCUT2D eigenvalue weighted by molar-refractivity contribution is 6.30. The van der Waals surface area contributed by atoms with E-state index in [-0.39, 0.29) is 18.5 Å². The van der Waals surface area contributed by atoms with Crippen LogP contribution in [0.3, 0.4) is 0 Å². The Bertz CT molecular complexity index is 643. The Morgan fingerprint density at radius 3 is 2.04 bits per heavy atom. The van der Waals surface area contributed by atoms with Gasteiger partial charge in [0, 0.05) is 18.0 Å². The van der Waals surface area contributed by atoms with E-state index in [2.05, 4.69) is 0 Å². The zero-order valence-electron chi connectivity index (χ0n) is 13.9. The molecule has 7 heteroatoms. The number of hydrogen-bond acceptors (Lipinski definition) is 2. The third-order valence-corrected chi connectivity index (χ3v) is 3.79. The second-order valence-corrected chi connectivity index (χ2v) is 6.21. The molecule has 0 saturated carbocycles. The van der Waals surface area contributed by atoms with E-state index in [9.17, 15) is 13.2 Å². The maximum atomic E-state index is 12.6. The Kier molecular flexibility index (Phi) is 8.06. The van der Waals surface area contributed by atoms with Gasteiger partial charge in [-0.1, -0.05) is 23.7 Å². The third kappa shape index (κ3) is 6.77. The van der Waals surface area contributed by atoms with Crippen LogP contribution in [0.15, 0.2) is 48.5 Å². The van der Waals surface area contributed by atoms with Gasteiger partial charge in [0.2, 0.25) is 0 Å². The molecule has 2 aromatic rings. The summed E-state index contributed by atoms with van der Waals surface area (Å²) >= 11 is 5.91. The molecular formula is C18H20Cl2F3NO. The highest BCUT2D eigenvalue weighted by Crippen LogP contribution is 2.32. The van der Waals surface area contributed by atoms with Crippen LogP contribution < -0.4 is 4.74 Å². The molecule has 1 unspecified atom stereocenters. The molecule has 0 saturated heterocycles. The Labute approximate surface area is 157 Å². The Balaban J connectivity index is 0.00000312. The molecule has 0 radical (unpaired) electrons. The van der Waals surface area contributed by atoms with E-state index >= 15 is 0 Å². The van der Waals surface area contributed by atoms with Crippen LogP contribution in [0.1, 0.15) is 23.7 Å². The van der Waals surface area contributed by atoms with Gasteiger partial charge in [-0.25, -0.2) is 0 Å². The molecule has 2 nitrogen and oxygen atoms in total. The van der Waals surface area contributed by atoms with Gasteiger partial charge in [-0.3, -0.25) is 0 Å². The Hall–Kier alpha value is -1.43. The van der Waals surface area contributed by atoms with Gasteiger partial charge in [-0.05, 0) is 56.1 Å². The average Bonchev–Trinajstić information content (AvgIpc) is 2.52. The molecule has 0 aromatic heterocycles. The van der Waals surface area contributed by atoms with Crippen molar-refractivity contribution in [2.24, 2.45) is 0 Å². The molecule has 0 N–H and O–H groups in total. The van der Waals surface area contributed by atoms with Crippen molar-refractivity contribution < 1.29 is 17.9 Å². The minimum absolute atomic E-state index is 0. The topological polar surface area (TPSA) is 12.5 Å². The predicted octanol–water partition coefficient (Wildman–Crippen LogP) is 5.85. The molecule has 1 atom stereocenters. The van der Waals surface area contributed by atoms with E-state index in [0.717, 1.165) is 24.2 Å². The van der Waals surface area contributed by atoms with Gasteiger partial charge in [0.1, 0.15) is 11.9 Å². The van der Waals surface area contributed by atoms with Crippen LogP contribution in [0.2, 0.25) is 5.02 Å². The zero-order chi connectivity index (χ0) is 17.7. The summed E-state index contributed by atoms with van der Waals surface area (Å²) in [5, 5.41) is 0.625. The molecule has 0 aliphatic carbocycles. The van der Waals surface area contributed by atoms with Crippen molar-refractivity contribution in [2.45, 2.75) is 18.7 Å². The number of rotatable bonds is 6. The Morgan fingerprint density at radius 1 is 1.00 bits per heavy atom. The lowest BCUT2D eigenvalue weighted by Crippen LogP contribution is -2.18. The highest BCUT2D eigenvalue weighted by Gasteiger charge is 2.30. The van der Waals surface area contributed by atoms with Crippen LogP contribution in [0.25, 0.3) is 0 Å². The summed E-state index contributed by atoms with van der Waals surface area (Å²) in [6.45, 7) is 0.786. The van der Waals surface area contributed by atoms with Crippen LogP contribution >= 0.6 is 24.0 Å². The van der Waals surface area contributed by atoms with Crippen LogP contribution in [-0.2, 0) is 6.18 Å². The van der Waals surface area contributed by atoms with Crippen LogP contribution in [0.5, 0.6) is 5.75 Å². The normalized spacial score (nSPS) is 12.6. The summed E-state index contributed by atoms with van der Waals surface area (Å²) in [7, 11) is 3.91. The van der Waals surface area contributed by atoms with Gasteiger partial charge < -0.3 is 9.64 Å². The first-order valence-corrected chi connectivity index (χ1v) is 7.87. The molecule has 0 amide bonds. The summed E-state index contributed by atoms with van der Waals surface area (Å²) in [5.74, 6) is 0.404. The Morgan fingerprint density at radius 2 is 1.56 bits per heavy atom. The maximum Gasteiger partial charge on any atom is 0.416 e. The van der Waals surface area contributed by atoms with Gasteiger partial charge in [0.25, 0.3) is 0 Å². The fourth-order valence-corrected chi connectivity index (χ4v) is 2.36. The van der Waals surface area contributed by atoms with E-state index in [4.69, 9.17) is 16.3 Å². The number of alkyl halides is 3. The molecule has 2 aromatic carbocycles. The predicted molar refractivity (Wildman–Crippen MR) is 96.7 cm³/mol. The van der Waals surface area contributed by atoms with Crippen molar-refractivity contribution in [3.63, 3.8) is 0 Å². The minimum atomic E-state index is -4.35. The SMILES string of the molecule is CN(C)CCC(Oc1ccc(C(F)(F)F)cc1)c1ccc(Cl)cc1.Cl. The molecule has 0 bridgehead atoms. The number of ether oxygens (including phenoxy) is 1. The first-order chi connectivity index (χ1) is 11.3. The number of nitrogens with zero attached hydrogens (tertiary/aromatic N) is 1. The van der Waals surface area contributed by atoms with Crippen molar-refractivity contribution in [3.05, 3.63) is 64.7 Å². The van der Waals surface area contributed by atoms with Crippen molar-refractivity contribution >= 4 is 24.0 Å². The van der Waals surface area contributed by atoms with E-state index in [1.54, 1.807) is 12.1 Å². The van der Waals surface area contributed by atoms with Gasteiger partial charge in [0.15, 0.2) is 0 Å². The lowest BCUT2D eigenvalue weighted by Gasteiger charge is -2.22. The van der Waals surface area contributed by atoms with Crippen molar-refractivity contribution in [1.82, 2.24) is 4.90 Å². The van der Waals surface area contributed by atoms with Crippen LogP contribution in [0.4, 0.5) is 13.2 Å². The lowest BCUT2D eigenvalue weighted by molar-refractivity contribution is -0.137. The fourth-order valence-electron chi connectivity index (χ4n) is 2.23. The molecule has 138 valence electrons. The van der Waals surface area contributed by atoms with Gasteiger partial charge in [0.05, 0.1) is 5.56 Å². The van der Waals surface area contributed by atoms with Gasteiger partial charge in [-0.2, -0.15) is 13.2 Å². The summed E-state index contributed by atoms with van der Waals surface area (Å²) in [6, 6.07) is 12.0. The summed E-state index contributed by atoms with van der Waals surface area (Å²) in [5.41, 5.74) is 0.243. The largest absolute Gasteiger partial charge is 0.486 e. The third-order valence-electron chi connectivity index (χ3n) is 3.54. The number of hydrogen-bond donors (Lipinski definition) is 0. The first-order valence-electron chi connectivity index (χ1n) is 7.50. The van der Waals surface area contributed by atoms with E-state index in [1.165, 1.54) is 12.1 Å². The van der Waals surface area contributed by atoms with Crippen LogP contribution in [-0.4, -0.2) is 25.5 Å². The van der Waals surface area contributed by atoms with Crippen LogP contribution in [0, 0.1) is 0 Å². The maximum absolute atomic E-state index is 12.6. The van der Waals surface area contributed by atoms with E-state index in [0.29, 0.717) is 17.2 Å². The molecular weight excluding hydrogens is 374 g/mol. The molecule has 25 heavy (non-hydrogen) atoms. The van der Waals surface area contributed by atoms with E-state index in [1.807, 2.05) is 31.1 Å². The molecule has 2 rings (SSSR count). The van der Waals surface area contributed by atoms with Gasteiger partial charge >= 0.3 is 6.18 Å². The molecule has 0 fully saturated rings. The highest BCUT2D eigenvalue weighted by atomic mass is 35.5. The monoisotopic (exact) mass is 393 g/mol. The quantitative estimate of drug-likeness (QED) is 0.609. The number of halogens is 5. The van der Waals surface area contributed by atoms with Gasteiger partial charge in [-0.15, -0.1) is 12.4 Å². The summed E-state index contributed by atoms with van der Waals surface area (Å²) < 4.78 is 43.8. The van der Waals surface area contributed by atoms with Crippen molar-refractivity contribution in [2.75, 3.05) is 20.6 Å². The second kappa shape index (κ2) is 9.32. The first kappa shape index (κ1) is 21.6. The van der Waals surface area contributed by atoms with Crippen molar-refractivity contribution in [3.8, 4) is 5.75 Å². The smallest absolute Gasteiger partial charge is 0.416 e. The second-order valence-electron chi connectivity index (χ2n) is 5.77.